The Bertz CT molecular complexity index is 282. The molecule has 2 N–H and O–H groups in total. The van der Waals surface area contributed by atoms with Crippen LogP contribution in [0, 0.1) is 5.92 Å². The lowest BCUT2D eigenvalue weighted by Gasteiger charge is -2.41. The summed E-state index contributed by atoms with van der Waals surface area (Å²) in [5, 5.41) is 0. The van der Waals surface area contributed by atoms with Gasteiger partial charge in [0.25, 0.3) is 0 Å². The fraction of sp³-hybridized carbons (Fsp3) is 1.00. The summed E-state index contributed by atoms with van der Waals surface area (Å²) in [6.45, 7) is 2.83. The van der Waals surface area contributed by atoms with Crippen LogP contribution in [0.25, 0.3) is 0 Å². The van der Waals surface area contributed by atoms with Crippen molar-refractivity contribution in [3.8, 4) is 0 Å². The Balaban J connectivity index is 1.80. The van der Waals surface area contributed by atoms with E-state index in [-0.39, 0.29) is 0 Å². The molecule has 2 aliphatic heterocycles. The molecule has 0 radical (unpaired) electrons. The molecule has 0 aromatic carbocycles. The van der Waals surface area contributed by atoms with Gasteiger partial charge in [-0.25, -0.2) is 8.42 Å². The van der Waals surface area contributed by atoms with Crippen LogP contribution in [0.15, 0.2) is 0 Å². The van der Waals surface area contributed by atoms with Gasteiger partial charge in [0.05, 0.1) is 11.5 Å². The minimum Gasteiger partial charge on any atom is -0.330 e. The van der Waals surface area contributed by atoms with Crippen LogP contribution in [0.1, 0.15) is 12.8 Å². The Hall–Kier alpha value is -0.130. The zero-order valence-electron chi connectivity index (χ0n) is 8.35. The van der Waals surface area contributed by atoms with E-state index in [1.807, 2.05) is 0 Å². The summed E-state index contributed by atoms with van der Waals surface area (Å²) in [6.07, 6.45) is 2.26. The second-order valence-electron chi connectivity index (χ2n) is 4.45. The summed E-state index contributed by atoms with van der Waals surface area (Å²) in [6, 6.07) is 0.304. The van der Waals surface area contributed by atoms with Crippen molar-refractivity contribution in [2.24, 2.45) is 11.7 Å². The average molecular weight is 218 g/mol. The Morgan fingerprint density at radius 3 is 2.21 bits per heavy atom. The van der Waals surface area contributed by atoms with Crippen LogP contribution in [-0.4, -0.2) is 50.5 Å². The first-order chi connectivity index (χ1) is 6.61. The fourth-order valence-corrected chi connectivity index (χ4v) is 3.80. The molecule has 0 amide bonds. The first kappa shape index (κ1) is 10.4. The van der Waals surface area contributed by atoms with Crippen molar-refractivity contribution in [2.45, 2.75) is 18.9 Å². The van der Waals surface area contributed by atoms with E-state index in [9.17, 15) is 8.42 Å². The molecule has 0 unspecified atom stereocenters. The second-order valence-corrected chi connectivity index (χ2v) is 6.60. The van der Waals surface area contributed by atoms with Crippen molar-refractivity contribution in [1.29, 1.82) is 0 Å². The van der Waals surface area contributed by atoms with Gasteiger partial charge in [-0.1, -0.05) is 0 Å². The van der Waals surface area contributed by atoms with E-state index in [4.69, 9.17) is 5.73 Å². The summed E-state index contributed by atoms with van der Waals surface area (Å²) in [5.74, 6) is 1.41. The summed E-state index contributed by atoms with van der Waals surface area (Å²) < 4.78 is 22.0. The molecular formula is C9H18N2O2S. The second kappa shape index (κ2) is 3.79. The fourth-order valence-electron chi connectivity index (χ4n) is 2.30. The van der Waals surface area contributed by atoms with Crippen LogP contribution in [-0.2, 0) is 9.84 Å². The van der Waals surface area contributed by atoms with Gasteiger partial charge in [0, 0.05) is 6.04 Å². The van der Waals surface area contributed by atoms with Gasteiger partial charge in [-0.15, -0.1) is 0 Å². The predicted molar refractivity (Wildman–Crippen MR) is 55.8 cm³/mol. The molecule has 0 atom stereocenters. The van der Waals surface area contributed by atoms with E-state index in [1.54, 1.807) is 0 Å². The summed E-state index contributed by atoms with van der Waals surface area (Å²) in [4.78, 5) is 2.31. The maximum absolute atomic E-state index is 11.0. The number of nitrogens with zero attached hydrogens (tertiary/aromatic N) is 1. The third-order valence-electron chi connectivity index (χ3n) is 3.39. The molecule has 2 fully saturated rings. The first-order valence-electron chi connectivity index (χ1n) is 5.25. The van der Waals surface area contributed by atoms with E-state index in [0.717, 1.165) is 32.5 Å². The van der Waals surface area contributed by atoms with Crippen molar-refractivity contribution < 1.29 is 8.42 Å². The SMILES string of the molecule is NCC1CCN(C2CS(=O)(=O)C2)CC1. The Morgan fingerprint density at radius 1 is 1.21 bits per heavy atom. The highest BCUT2D eigenvalue weighted by atomic mass is 32.2. The van der Waals surface area contributed by atoms with E-state index in [2.05, 4.69) is 4.90 Å². The summed E-state index contributed by atoms with van der Waals surface area (Å²) >= 11 is 0. The zero-order valence-corrected chi connectivity index (χ0v) is 9.17. The van der Waals surface area contributed by atoms with Gasteiger partial charge in [0.2, 0.25) is 0 Å². The molecule has 0 aliphatic carbocycles. The minimum absolute atomic E-state index is 0.304. The van der Waals surface area contributed by atoms with Gasteiger partial charge in [-0.05, 0) is 38.4 Å². The minimum atomic E-state index is -2.67. The molecule has 2 aliphatic rings. The van der Waals surface area contributed by atoms with Crippen molar-refractivity contribution in [3.05, 3.63) is 0 Å². The molecule has 2 heterocycles. The highest BCUT2D eigenvalue weighted by molar-refractivity contribution is 7.92. The van der Waals surface area contributed by atoms with Gasteiger partial charge in [-0.2, -0.15) is 0 Å². The lowest BCUT2D eigenvalue weighted by atomic mass is 9.96. The number of piperidine rings is 1. The van der Waals surface area contributed by atoms with Crippen molar-refractivity contribution in [1.82, 2.24) is 4.90 Å². The Morgan fingerprint density at radius 2 is 1.79 bits per heavy atom. The quantitative estimate of drug-likeness (QED) is 0.676. The van der Waals surface area contributed by atoms with Crippen molar-refractivity contribution in [2.75, 3.05) is 31.1 Å². The molecule has 2 rings (SSSR count). The van der Waals surface area contributed by atoms with E-state index < -0.39 is 9.84 Å². The Kier molecular flexibility index (Phi) is 2.81. The average Bonchev–Trinajstić information content (AvgIpc) is 2.14. The normalized spacial score (nSPS) is 30.1. The van der Waals surface area contributed by atoms with E-state index >= 15 is 0 Å². The molecule has 82 valence electrons. The monoisotopic (exact) mass is 218 g/mol. The smallest absolute Gasteiger partial charge is 0.153 e. The number of likely N-dealkylation sites (tertiary alicyclic amines) is 1. The van der Waals surface area contributed by atoms with Crippen molar-refractivity contribution >= 4 is 9.84 Å². The third-order valence-corrected chi connectivity index (χ3v) is 5.18. The van der Waals surface area contributed by atoms with Gasteiger partial charge in [0.1, 0.15) is 0 Å². The van der Waals surface area contributed by atoms with E-state index in [1.165, 1.54) is 0 Å². The molecule has 0 aromatic rings. The van der Waals surface area contributed by atoms with Crippen LogP contribution >= 0.6 is 0 Å². The third kappa shape index (κ3) is 2.10. The van der Waals surface area contributed by atoms with Crippen LogP contribution < -0.4 is 5.73 Å². The first-order valence-corrected chi connectivity index (χ1v) is 7.07. The van der Waals surface area contributed by atoms with Gasteiger partial charge in [-0.3, -0.25) is 4.90 Å². The van der Waals surface area contributed by atoms with Gasteiger partial charge in [0.15, 0.2) is 9.84 Å². The highest BCUT2D eigenvalue weighted by Crippen LogP contribution is 2.23. The summed E-state index contributed by atoms with van der Waals surface area (Å²) in [7, 11) is -2.67. The largest absolute Gasteiger partial charge is 0.330 e. The van der Waals surface area contributed by atoms with Crippen LogP contribution in [0.3, 0.4) is 0 Å². The lowest BCUT2D eigenvalue weighted by molar-refractivity contribution is 0.147. The number of hydrogen-bond acceptors (Lipinski definition) is 4. The van der Waals surface area contributed by atoms with Crippen LogP contribution in [0.2, 0.25) is 0 Å². The number of hydrogen-bond donors (Lipinski definition) is 1. The standard InChI is InChI=1S/C9H18N2O2S/c10-5-8-1-3-11(4-2-8)9-6-14(12,13)7-9/h8-9H,1-7,10H2. The van der Waals surface area contributed by atoms with Gasteiger partial charge >= 0.3 is 0 Å². The topological polar surface area (TPSA) is 63.4 Å². The molecule has 0 saturated carbocycles. The molecule has 4 nitrogen and oxygen atoms in total. The Labute approximate surface area is 85.4 Å². The zero-order chi connectivity index (χ0) is 10.2. The molecule has 5 heteroatoms. The molecule has 0 bridgehead atoms. The number of sulfone groups is 1. The summed E-state index contributed by atoms with van der Waals surface area (Å²) in [5.41, 5.74) is 5.60. The van der Waals surface area contributed by atoms with Crippen LogP contribution in [0.5, 0.6) is 0 Å². The lowest BCUT2D eigenvalue weighted by Crippen LogP contribution is -2.55. The molecule has 0 aromatic heterocycles. The molecule has 0 spiro atoms. The van der Waals surface area contributed by atoms with Crippen molar-refractivity contribution in [3.63, 3.8) is 0 Å². The van der Waals surface area contributed by atoms with Gasteiger partial charge < -0.3 is 5.73 Å². The van der Waals surface area contributed by atoms with Crippen LogP contribution in [0.4, 0.5) is 0 Å². The maximum Gasteiger partial charge on any atom is 0.153 e. The highest BCUT2D eigenvalue weighted by Gasteiger charge is 2.38. The maximum atomic E-state index is 11.0. The molecule has 14 heavy (non-hydrogen) atoms. The molecular weight excluding hydrogens is 200 g/mol. The predicted octanol–water partition coefficient (Wildman–Crippen LogP) is -0.546. The molecule has 2 saturated heterocycles. The number of nitrogens with two attached hydrogens (primary N) is 1. The van der Waals surface area contributed by atoms with E-state index in [0.29, 0.717) is 23.5 Å². The number of rotatable bonds is 2.